The van der Waals surface area contributed by atoms with Crippen LogP contribution in [0, 0.1) is 0 Å². The molecule has 1 aliphatic rings. The van der Waals surface area contributed by atoms with E-state index in [1.54, 1.807) is 0 Å². The third-order valence-corrected chi connectivity index (χ3v) is 4.17. The number of nitrogens with zero attached hydrogens (tertiary/aromatic N) is 1. The molecule has 1 saturated heterocycles. The Hall–Kier alpha value is -2.13. The van der Waals surface area contributed by atoms with Crippen molar-refractivity contribution in [3.05, 3.63) is 71.3 Å². The van der Waals surface area contributed by atoms with Gasteiger partial charge in [-0.15, -0.1) is 0 Å². The highest BCUT2D eigenvalue weighted by Crippen LogP contribution is 2.32. The van der Waals surface area contributed by atoms with E-state index in [-0.39, 0.29) is 5.91 Å². The second kappa shape index (κ2) is 6.10. The van der Waals surface area contributed by atoms with E-state index in [0.717, 1.165) is 13.1 Å². The fourth-order valence-electron chi connectivity index (χ4n) is 3.08. The number of nitrogens with two attached hydrogens (primary N) is 1. The fraction of sp³-hybridized carbons (Fsp3) is 0.278. The molecule has 21 heavy (non-hydrogen) atoms. The molecule has 0 spiro atoms. The minimum absolute atomic E-state index is 0.370. The van der Waals surface area contributed by atoms with E-state index in [2.05, 4.69) is 35.2 Å². The van der Waals surface area contributed by atoms with Crippen molar-refractivity contribution >= 4 is 5.91 Å². The lowest BCUT2D eigenvalue weighted by atomic mass is 10.0. The van der Waals surface area contributed by atoms with Gasteiger partial charge in [-0.1, -0.05) is 42.5 Å². The first-order chi connectivity index (χ1) is 10.2. The molecule has 0 saturated carbocycles. The van der Waals surface area contributed by atoms with Crippen LogP contribution in [0.5, 0.6) is 0 Å². The molecule has 0 aliphatic carbocycles. The number of likely N-dealkylation sites (tertiary alicyclic amines) is 1. The van der Waals surface area contributed by atoms with E-state index < -0.39 is 0 Å². The summed E-state index contributed by atoms with van der Waals surface area (Å²) in [5.41, 5.74) is 8.46. The van der Waals surface area contributed by atoms with Gasteiger partial charge in [0.05, 0.1) is 0 Å². The molecule has 1 atom stereocenters. The SMILES string of the molecule is NC(=O)c1ccc(CN2CCC[C@@H]2c2ccccc2)cc1. The van der Waals surface area contributed by atoms with Crippen molar-refractivity contribution in [2.45, 2.75) is 25.4 Å². The maximum atomic E-state index is 11.1. The van der Waals surface area contributed by atoms with E-state index in [4.69, 9.17) is 5.73 Å². The van der Waals surface area contributed by atoms with Crippen molar-refractivity contribution < 1.29 is 4.79 Å². The first kappa shape index (κ1) is 13.8. The Balaban J connectivity index is 1.73. The van der Waals surface area contributed by atoms with E-state index in [0.29, 0.717) is 11.6 Å². The number of benzene rings is 2. The van der Waals surface area contributed by atoms with Crippen molar-refractivity contribution in [2.75, 3.05) is 6.54 Å². The van der Waals surface area contributed by atoms with Crippen LogP contribution in [0.4, 0.5) is 0 Å². The summed E-state index contributed by atoms with van der Waals surface area (Å²) in [6, 6.07) is 18.8. The average Bonchev–Trinajstić information content (AvgIpc) is 2.97. The number of primary amides is 1. The summed E-state index contributed by atoms with van der Waals surface area (Å²) in [7, 11) is 0. The molecule has 2 N–H and O–H groups in total. The lowest BCUT2D eigenvalue weighted by Crippen LogP contribution is -2.22. The molecular weight excluding hydrogens is 260 g/mol. The van der Waals surface area contributed by atoms with Gasteiger partial charge in [-0.3, -0.25) is 9.69 Å². The number of carbonyl (C=O) groups excluding carboxylic acids is 1. The van der Waals surface area contributed by atoms with Gasteiger partial charge in [0.25, 0.3) is 0 Å². The minimum Gasteiger partial charge on any atom is -0.366 e. The van der Waals surface area contributed by atoms with Crippen LogP contribution < -0.4 is 5.73 Å². The molecule has 1 aliphatic heterocycles. The van der Waals surface area contributed by atoms with Crippen molar-refractivity contribution in [1.29, 1.82) is 0 Å². The van der Waals surface area contributed by atoms with Crippen molar-refractivity contribution in [1.82, 2.24) is 4.90 Å². The van der Waals surface area contributed by atoms with E-state index in [1.165, 1.54) is 24.0 Å². The molecule has 0 radical (unpaired) electrons. The molecule has 3 nitrogen and oxygen atoms in total. The average molecular weight is 280 g/mol. The molecule has 2 aromatic carbocycles. The van der Waals surface area contributed by atoms with Crippen LogP contribution in [0.2, 0.25) is 0 Å². The molecule has 1 amide bonds. The Bertz CT molecular complexity index is 607. The Labute approximate surface area is 125 Å². The van der Waals surface area contributed by atoms with Gasteiger partial charge in [-0.05, 0) is 42.6 Å². The zero-order chi connectivity index (χ0) is 14.7. The molecule has 3 heteroatoms. The van der Waals surface area contributed by atoms with Crippen molar-refractivity contribution in [2.24, 2.45) is 5.73 Å². The van der Waals surface area contributed by atoms with Crippen molar-refractivity contribution in [3.8, 4) is 0 Å². The lowest BCUT2D eigenvalue weighted by molar-refractivity contribution is 0.100. The molecular formula is C18H20N2O. The van der Waals surface area contributed by atoms with Gasteiger partial charge in [0, 0.05) is 18.2 Å². The van der Waals surface area contributed by atoms with Gasteiger partial charge in [0.1, 0.15) is 0 Å². The predicted octanol–water partition coefficient (Wildman–Crippen LogP) is 3.12. The molecule has 108 valence electrons. The zero-order valence-electron chi connectivity index (χ0n) is 12.0. The Morgan fingerprint density at radius 2 is 1.81 bits per heavy atom. The van der Waals surface area contributed by atoms with Crippen LogP contribution in [0.15, 0.2) is 54.6 Å². The van der Waals surface area contributed by atoms with Gasteiger partial charge >= 0.3 is 0 Å². The lowest BCUT2D eigenvalue weighted by Gasteiger charge is -2.25. The standard InChI is InChI=1S/C18H20N2O/c19-18(21)16-10-8-14(9-11-16)13-20-12-4-7-17(20)15-5-2-1-3-6-15/h1-3,5-6,8-11,17H,4,7,12-13H2,(H2,19,21)/t17-/m1/s1. The molecule has 3 rings (SSSR count). The van der Waals surface area contributed by atoms with Crippen molar-refractivity contribution in [3.63, 3.8) is 0 Å². The van der Waals surface area contributed by atoms with Crippen LogP contribution >= 0.6 is 0 Å². The van der Waals surface area contributed by atoms with Gasteiger partial charge in [-0.2, -0.15) is 0 Å². The predicted molar refractivity (Wildman–Crippen MR) is 83.8 cm³/mol. The summed E-state index contributed by atoms with van der Waals surface area (Å²) in [5.74, 6) is -0.370. The minimum atomic E-state index is -0.370. The topological polar surface area (TPSA) is 46.3 Å². The molecule has 2 aromatic rings. The van der Waals surface area contributed by atoms with Gasteiger partial charge in [-0.25, -0.2) is 0 Å². The molecule has 0 bridgehead atoms. The van der Waals surface area contributed by atoms with Crippen LogP contribution in [-0.2, 0) is 6.54 Å². The molecule has 1 heterocycles. The summed E-state index contributed by atoms with van der Waals surface area (Å²) in [5, 5.41) is 0. The number of hydrogen-bond donors (Lipinski definition) is 1. The van der Waals surface area contributed by atoms with Crippen LogP contribution in [-0.4, -0.2) is 17.4 Å². The summed E-state index contributed by atoms with van der Waals surface area (Å²) < 4.78 is 0. The third kappa shape index (κ3) is 3.14. The number of amides is 1. The molecule has 1 fully saturated rings. The second-order valence-corrected chi connectivity index (χ2v) is 5.60. The first-order valence-corrected chi connectivity index (χ1v) is 7.42. The van der Waals surface area contributed by atoms with Gasteiger partial charge in [0.2, 0.25) is 5.91 Å². The zero-order valence-corrected chi connectivity index (χ0v) is 12.0. The Morgan fingerprint density at radius 3 is 2.48 bits per heavy atom. The van der Waals surface area contributed by atoms with Crippen LogP contribution in [0.3, 0.4) is 0 Å². The maximum absolute atomic E-state index is 11.1. The fourth-order valence-corrected chi connectivity index (χ4v) is 3.08. The first-order valence-electron chi connectivity index (χ1n) is 7.42. The van der Waals surface area contributed by atoms with Gasteiger partial charge in [0.15, 0.2) is 0 Å². The van der Waals surface area contributed by atoms with Gasteiger partial charge < -0.3 is 5.73 Å². The normalized spacial score (nSPS) is 18.8. The Morgan fingerprint density at radius 1 is 1.10 bits per heavy atom. The largest absolute Gasteiger partial charge is 0.366 e. The van der Waals surface area contributed by atoms with E-state index in [1.807, 2.05) is 24.3 Å². The second-order valence-electron chi connectivity index (χ2n) is 5.60. The molecule has 0 aromatic heterocycles. The smallest absolute Gasteiger partial charge is 0.248 e. The summed E-state index contributed by atoms with van der Waals surface area (Å²) >= 11 is 0. The van der Waals surface area contributed by atoms with Crippen LogP contribution in [0.1, 0.15) is 40.4 Å². The molecule has 0 unspecified atom stereocenters. The highest BCUT2D eigenvalue weighted by molar-refractivity contribution is 5.92. The van der Waals surface area contributed by atoms with E-state index >= 15 is 0 Å². The van der Waals surface area contributed by atoms with Crippen LogP contribution in [0.25, 0.3) is 0 Å². The monoisotopic (exact) mass is 280 g/mol. The van der Waals surface area contributed by atoms with E-state index in [9.17, 15) is 4.79 Å². The highest BCUT2D eigenvalue weighted by atomic mass is 16.1. The summed E-state index contributed by atoms with van der Waals surface area (Å²) in [4.78, 5) is 13.6. The number of hydrogen-bond acceptors (Lipinski definition) is 2. The summed E-state index contributed by atoms with van der Waals surface area (Å²) in [6.45, 7) is 2.04. The Kier molecular flexibility index (Phi) is 4.02. The number of rotatable bonds is 4. The third-order valence-electron chi connectivity index (χ3n) is 4.17. The number of carbonyl (C=O) groups is 1. The highest BCUT2D eigenvalue weighted by Gasteiger charge is 2.25. The quantitative estimate of drug-likeness (QED) is 0.935. The summed E-state index contributed by atoms with van der Waals surface area (Å²) in [6.07, 6.45) is 2.45. The maximum Gasteiger partial charge on any atom is 0.248 e.